The average Bonchev–Trinajstić information content (AvgIpc) is 2.48. The molecule has 0 amide bonds. The molecule has 0 aromatic carbocycles. The van der Waals surface area contributed by atoms with Gasteiger partial charge in [-0.3, -0.25) is 5.10 Å². The molecule has 0 bridgehead atoms. The van der Waals surface area contributed by atoms with Crippen LogP contribution in [0.15, 0.2) is 12.3 Å². The van der Waals surface area contributed by atoms with Crippen LogP contribution in [-0.4, -0.2) is 24.9 Å². The molecule has 0 saturated heterocycles. The molecule has 1 N–H and O–H groups in total. The standard InChI is InChI=1S/C9H18N2OSi/c1-13(2,3)7-6-12-8-9-4-5-10-11-9/h4-5H,6-8H2,1-3H3,(H,10,11). The van der Waals surface area contributed by atoms with Gasteiger partial charge in [0.05, 0.1) is 12.3 Å². The second kappa shape index (κ2) is 4.57. The van der Waals surface area contributed by atoms with Crippen molar-refractivity contribution < 1.29 is 4.74 Å². The minimum Gasteiger partial charge on any atom is -0.375 e. The molecular formula is C9H18N2OSi. The van der Waals surface area contributed by atoms with Crippen molar-refractivity contribution in [2.75, 3.05) is 6.61 Å². The molecule has 3 nitrogen and oxygen atoms in total. The maximum absolute atomic E-state index is 5.52. The second-order valence-corrected chi connectivity index (χ2v) is 10.1. The number of hydrogen-bond acceptors (Lipinski definition) is 2. The summed E-state index contributed by atoms with van der Waals surface area (Å²) in [5, 5.41) is 6.72. The Labute approximate surface area is 80.5 Å². The van der Waals surface area contributed by atoms with Crippen LogP contribution in [0.25, 0.3) is 0 Å². The number of nitrogens with zero attached hydrogens (tertiary/aromatic N) is 1. The largest absolute Gasteiger partial charge is 0.375 e. The van der Waals surface area contributed by atoms with Crippen molar-refractivity contribution in [3.8, 4) is 0 Å². The summed E-state index contributed by atoms with van der Waals surface area (Å²) in [6, 6.07) is 3.16. The van der Waals surface area contributed by atoms with E-state index in [1.807, 2.05) is 6.07 Å². The Morgan fingerprint density at radius 2 is 2.23 bits per heavy atom. The maximum Gasteiger partial charge on any atom is 0.0881 e. The zero-order valence-electron chi connectivity index (χ0n) is 8.63. The molecule has 0 spiro atoms. The summed E-state index contributed by atoms with van der Waals surface area (Å²) in [6.45, 7) is 8.59. The number of nitrogens with one attached hydrogen (secondary N) is 1. The first-order valence-corrected chi connectivity index (χ1v) is 8.35. The molecule has 4 heteroatoms. The van der Waals surface area contributed by atoms with E-state index in [4.69, 9.17) is 4.74 Å². The van der Waals surface area contributed by atoms with Crippen molar-refractivity contribution in [1.29, 1.82) is 0 Å². The minimum atomic E-state index is -0.930. The van der Waals surface area contributed by atoms with E-state index < -0.39 is 8.07 Å². The van der Waals surface area contributed by atoms with Gasteiger partial charge in [-0.2, -0.15) is 5.10 Å². The molecule has 0 aliphatic carbocycles. The van der Waals surface area contributed by atoms with E-state index in [2.05, 4.69) is 29.8 Å². The smallest absolute Gasteiger partial charge is 0.0881 e. The highest BCUT2D eigenvalue weighted by Crippen LogP contribution is 2.08. The van der Waals surface area contributed by atoms with Crippen molar-refractivity contribution >= 4 is 8.07 Å². The normalized spacial score (nSPS) is 11.9. The van der Waals surface area contributed by atoms with Gasteiger partial charge in [-0.05, 0) is 12.1 Å². The molecule has 0 fully saturated rings. The van der Waals surface area contributed by atoms with Gasteiger partial charge < -0.3 is 4.74 Å². The lowest BCUT2D eigenvalue weighted by Gasteiger charge is -2.14. The van der Waals surface area contributed by atoms with Gasteiger partial charge in [0.15, 0.2) is 0 Å². The van der Waals surface area contributed by atoms with E-state index in [0.717, 1.165) is 12.3 Å². The third-order valence-corrected chi connectivity index (χ3v) is 3.52. The van der Waals surface area contributed by atoms with Crippen LogP contribution < -0.4 is 0 Å². The fraction of sp³-hybridized carbons (Fsp3) is 0.667. The van der Waals surface area contributed by atoms with Gasteiger partial charge in [-0.1, -0.05) is 19.6 Å². The second-order valence-electron chi connectivity index (χ2n) is 4.45. The number of H-pyrrole nitrogens is 1. The first kappa shape index (κ1) is 10.5. The van der Waals surface area contributed by atoms with Crippen molar-refractivity contribution in [2.45, 2.75) is 32.3 Å². The molecule has 1 aromatic heterocycles. The monoisotopic (exact) mass is 198 g/mol. The van der Waals surface area contributed by atoms with Crippen molar-refractivity contribution in [2.24, 2.45) is 0 Å². The summed E-state index contributed by atoms with van der Waals surface area (Å²) >= 11 is 0. The molecule has 0 radical (unpaired) electrons. The number of rotatable bonds is 5. The predicted molar refractivity (Wildman–Crippen MR) is 56.4 cm³/mol. The van der Waals surface area contributed by atoms with Crippen molar-refractivity contribution in [3.05, 3.63) is 18.0 Å². The Balaban J connectivity index is 2.09. The summed E-state index contributed by atoms with van der Waals surface area (Å²) in [5.41, 5.74) is 1.05. The third kappa shape index (κ3) is 4.85. The topological polar surface area (TPSA) is 37.9 Å². The van der Waals surface area contributed by atoms with Crippen LogP contribution in [0.3, 0.4) is 0 Å². The van der Waals surface area contributed by atoms with Gasteiger partial charge in [-0.25, -0.2) is 0 Å². The molecule has 0 aliphatic heterocycles. The molecule has 0 aliphatic rings. The van der Waals surface area contributed by atoms with Gasteiger partial charge in [0, 0.05) is 20.9 Å². The molecule has 0 saturated carbocycles. The molecule has 1 aromatic rings. The van der Waals surface area contributed by atoms with Gasteiger partial charge in [-0.15, -0.1) is 0 Å². The van der Waals surface area contributed by atoms with Crippen LogP contribution >= 0.6 is 0 Å². The fourth-order valence-electron chi connectivity index (χ4n) is 0.926. The highest BCUT2D eigenvalue weighted by atomic mass is 28.3. The Bertz CT molecular complexity index is 228. The number of aromatic amines is 1. The summed E-state index contributed by atoms with van der Waals surface area (Å²) < 4.78 is 5.52. The van der Waals surface area contributed by atoms with Crippen molar-refractivity contribution in [3.63, 3.8) is 0 Å². The van der Waals surface area contributed by atoms with E-state index >= 15 is 0 Å². The Kier molecular flexibility index (Phi) is 3.68. The summed E-state index contributed by atoms with van der Waals surface area (Å²) in [6.07, 6.45) is 1.75. The highest BCUT2D eigenvalue weighted by Gasteiger charge is 2.11. The van der Waals surface area contributed by atoms with Crippen LogP contribution in [0.4, 0.5) is 0 Å². The van der Waals surface area contributed by atoms with E-state index in [1.54, 1.807) is 6.20 Å². The van der Waals surface area contributed by atoms with Crippen LogP contribution in [0.5, 0.6) is 0 Å². The molecule has 1 rings (SSSR count). The molecular weight excluding hydrogens is 180 g/mol. The molecule has 13 heavy (non-hydrogen) atoms. The Hall–Kier alpha value is -0.613. The molecule has 0 atom stereocenters. The lowest BCUT2D eigenvalue weighted by atomic mass is 10.5. The van der Waals surface area contributed by atoms with Crippen LogP contribution in [0.1, 0.15) is 5.69 Å². The summed E-state index contributed by atoms with van der Waals surface area (Å²) in [4.78, 5) is 0. The number of hydrogen-bond donors (Lipinski definition) is 1. The minimum absolute atomic E-state index is 0.657. The van der Waals surface area contributed by atoms with Gasteiger partial charge in [0.25, 0.3) is 0 Å². The van der Waals surface area contributed by atoms with E-state index in [9.17, 15) is 0 Å². The van der Waals surface area contributed by atoms with Crippen LogP contribution in [0.2, 0.25) is 25.7 Å². The van der Waals surface area contributed by atoms with Crippen molar-refractivity contribution in [1.82, 2.24) is 10.2 Å². The Morgan fingerprint density at radius 3 is 2.77 bits per heavy atom. The molecule has 0 unspecified atom stereocenters. The van der Waals surface area contributed by atoms with Gasteiger partial charge in [0.2, 0.25) is 0 Å². The number of ether oxygens (including phenoxy) is 1. The first-order chi connectivity index (χ1) is 6.08. The third-order valence-electron chi connectivity index (χ3n) is 1.81. The lowest BCUT2D eigenvalue weighted by Crippen LogP contribution is -2.21. The maximum atomic E-state index is 5.52. The lowest BCUT2D eigenvalue weighted by molar-refractivity contribution is 0.130. The number of aromatic nitrogens is 2. The SMILES string of the molecule is C[Si](C)(C)CCOCc1ccn[nH]1. The fourth-order valence-corrected chi connectivity index (χ4v) is 1.68. The summed E-state index contributed by atoms with van der Waals surface area (Å²) in [7, 11) is -0.930. The van der Waals surface area contributed by atoms with E-state index in [-0.39, 0.29) is 0 Å². The predicted octanol–water partition coefficient (Wildman–Crippen LogP) is 2.26. The first-order valence-electron chi connectivity index (χ1n) is 4.64. The van der Waals surface area contributed by atoms with E-state index in [0.29, 0.717) is 6.61 Å². The highest BCUT2D eigenvalue weighted by molar-refractivity contribution is 6.76. The van der Waals surface area contributed by atoms with Crippen LogP contribution in [-0.2, 0) is 11.3 Å². The quantitative estimate of drug-likeness (QED) is 0.582. The van der Waals surface area contributed by atoms with E-state index in [1.165, 1.54) is 6.04 Å². The zero-order chi connectivity index (χ0) is 9.73. The van der Waals surface area contributed by atoms with Gasteiger partial charge >= 0.3 is 0 Å². The molecule has 1 heterocycles. The average molecular weight is 198 g/mol. The zero-order valence-corrected chi connectivity index (χ0v) is 9.63. The molecule has 74 valence electrons. The summed E-state index contributed by atoms with van der Waals surface area (Å²) in [5.74, 6) is 0. The van der Waals surface area contributed by atoms with Gasteiger partial charge in [0.1, 0.15) is 0 Å². The van der Waals surface area contributed by atoms with Crippen LogP contribution in [0, 0.1) is 0 Å². The Morgan fingerprint density at radius 1 is 1.46 bits per heavy atom.